The van der Waals surface area contributed by atoms with E-state index in [-0.39, 0.29) is 42.9 Å². The summed E-state index contributed by atoms with van der Waals surface area (Å²) >= 11 is 0. The Bertz CT molecular complexity index is 1360. The molecule has 14 nitrogen and oxygen atoms in total. The summed E-state index contributed by atoms with van der Waals surface area (Å²) in [7, 11) is -3.54. The highest BCUT2D eigenvalue weighted by Crippen LogP contribution is 2.18. The number of hydrogen-bond donors (Lipinski definition) is 7. The molecule has 0 aliphatic rings. The third-order valence-electron chi connectivity index (χ3n) is 8.39. The van der Waals surface area contributed by atoms with Crippen molar-refractivity contribution >= 4 is 39.6 Å². The maximum Gasteiger partial charge on any atom is 0.405 e. The van der Waals surface area contributed by atoms with Gasteiger partial charge in [-0.25, -0.2) is 13.2 Å². The van der Waals surface area contributed by atoms with Crippen molar-refractivity contribution in [1.82, 2.24) is 26.6 Å². The molecule has 7 N–H and O–H groups in total. The zero-order valence-electron chi connectivity index (χ0n) is 30.7. The molecule has 0 fully saturated rings. The lowest BCUT2D eigenvalue weighted by atomic mass is 9.91. The van der Waals surface area contributed by atoms with Crippen molar-refractivity contribution in [3.05, 3.63) is 35.9 Å². The van der Waals surface area contributed by atoms with E-state index < -0.39 is 75.6 Å². The average Bonchev–Trinajstić information content (AvgIpc) is 3.02. The Morgan fingerprint density at radius 2 is 1.32 bits per heavy atom. The van der Waals surface area contributed by atoms with Gasteiger partial charge >= 0.3 is 6.09 Å². The van der Waals surface area contributed by atoms with E-state index in [1.54, 1.807) is 20.8 Å². The van der Waals surface area contributed by atoms with Crippen molar-refractivity contribution in [3.63, 3.8) is 0 Å². The van der Waals surface area contributed by atoms with Crippen LogP contribution in [0.3, 0.4) is 0 Å². The molecule has 0 aliphatic carbocycles. The Morgan fingerprint density at radius 3 is 1.84 bits per heavy atom. The predicted molar refractivity (Wildman–Crippen MR) is 192 cm³/mol. The third-order valence-corrected chi connectivity index (χ3v) is 9.37. The molecule has 1 aromatic carbocycles. The van der Waals surface area contributed by atoms with Crippen LogP contribution in [-0.2, 0) is 35.6 Å². The van der Waals surface area contributed by atoms with Gasteiger partial charge in [0.05, 0.1) is 17.9 Å². The fourth-order valence-electron chi connectivity index (χ4n) is 5.35. The maximum atomic E-state index is 13.6. The number of aliphatic hydroxyl groups is 1. The van der Waals surface area contributed by atoms with Gasteiger partial charge in [-0.2, -0.15) is 0 Å². The van der Waals surface area contributed by atoms with Gasteiger partial charge in [0.2, 0.25) is 23.6 Å². The normalized spacial score (nSPS) is 15.9. The highest BCUT2D eigenvalue weighted by molar-refractivity contribution is 7.90. The van der Waals surface area contributed by atoms with Crippen LogP contribution in [0.5, 0.6) is 0 Å². The van der Waals surface area contributed by atoms with Gasteiger partial charge in [0.15, 0.2) is 0 Å². The summed E-state index contributed by atoms with van der Waals surface area (Å²) in [5.41, 5.74) is 0.912. The number of carboxylic acid groups (broad SMARTS) is 1. The Balaban J connectivity index is 3.10. The molecule has 0 radical (unpaired) electrons. The molecule has 0 saturated carbocycles. The molecule has 0 heterocycles. The zero-order valence-corrected chi connectivity index (χ0v) is 31.5. The Hall–Kier alpha value is -3.72. The monoisotopic (exact) mass is 725 g/mol. The SMILES string of the molecule is CC[C@H](C)[C@H](NC(=O)[C@H](C)C[C@H](O)[C@H](CC(C)C)NC(=O)[C@@H](CCS(C)(=O)=O)NC(=O)[C@H](CC(C)C)NC(=O)O)C(=O)NCc1ccccc1. The van der Waals surface area contributed by atoms with Crippen LogP contribution < -0.4 is 26.6 Å². The smallest absolute Gasteiger partial charge is 0.405 e. The number of carbonyl (C=O) groups excluding carboxylic acids is 4. The zero-order chi connectivity index (χ0) is 38.2. The van der Waals surface area contributed by atoms with Gasteiger partial charge in [0, 0.05) is 18.7 Å². The molecular formula is C35H59N5O9S. The molecule has 50 heavy (non-hydrogen) atoms. The summed E-state index contributed by atoms with van der Waals surface area (Å²) in [5.74, 6) is -3.77. The van der Waals surface area contributed by atoms with Gasteiger partial charge in [-0.1, -0.05) is 85.2 Å². The number of nitrogens with one attached hydrogen (secondary N) is 5. The summed E-state index contributed by atoms with van der Waals surface area (Å²) in [4.78, 5) is 64.5. The lowest BCUT2D eigenvalue weighted by Crippen LogP contribution is -2.57. The van der Waals surface area contributed by atoms with E-state index in [2.05, 4.69) is 26.6 Å². The fourth-order valence-corrected chi connectivity index (χ4v) is 6.02. The van der Waals surface area contributed by atoms with E-state index in [1.165, 1.54) is 0 Å². The number of rotatable bonds is 22. The lowest BCUT2D eigenvalue weighted by Gasteiger charge is -2.30. The van der Waals surface area contributed by atoms with Crippen molar-refractivity contribution in [2.75, 3.05) is 12.0 Å². The van der Waals surface area contributed by atoms with Crippen molar-refractivity contribution in [3.8, 4) is 0 Å². The molecule has 15 heteroatoms. The van der Waals surface area contributed by atoms with Gasteiger partial charge < -0.3 is 36.8 Å². The molecule has 1 aromatic rings. The quantitative estimate of drug-likeness (QED) is 0.0932. The molecule has 7 atom stereocenters. The third kappa shape index (κ3) is 17.3. The number of carbonyl (C=O) groups is 5. The standard InChI is InChI=1S/C35H59N5O9S/c1-9-23(6)30(34(45)36-20-25-13-11-10-12-14-25)40-31(42)24(7)19-29(41)27(17-21(2)3)38-32(43)26(15-16-50(8,48)49)37-33(44)28(18-22(4)5)39-35(46)47/h10-14,21-24,26-30,39,41H,9,15-20H2,1-8H3,(H,36,45)(H,37,44)(H,38,43)(H,40,42)(H,46,47)/t23-,24+,26+,27-,28-,29-,30-/m0/s1. The molecule has 0 aromatic heterocycles. The van der Waals surface area contributed by atoms with Crippen molar-refractivity contribution in [2.45, 2.75) is 117 Å². The molecule has 5 amide bonds. The second kappa shape index (κ2) is 21.5. The van der Waals surface area contributed by atoms with Crippen LogP contribution in [-0.4, -0.2) is 90.6 Å². The minimum atomic E-state index is -3.54. The average molecular weight is 726 g/mol. The first-order valence-corrected chi connectivity index (χ1v) is 19.4. The molecule has 0 spiro atoms. The summed E-state index contributed by atoms with van der Waals surface area (Å²) < 4.78 is 23.9. The number of hydrogen-bond acceptors (Lipinski definition) is 8. The molecule has 1 rings (SSSR count). The molecule has 284 valence electrons. The van der Waals surface area contributed by atoms with Crippen LogP contribution in [0.15, 0.2) is 30.3 Å². The van der Waals surface area contributed by atoms with Gasteiger partial charge in [-0.3, -0.25) is 19.2 Å². The van der Waals surface area contributed by atoms with Crippen LogP contribution in [0.4, 0.5) is 4.79 Å². The predicted octanol–water partition coefficient (Wildman–Crippen LogP) is 2.35. The van der Waals surface area contributed by atoms with Gasteiger partial charge in [0.1, 0.15) is 28.0 Å². The van der Waals surface area contributed by atoms with E-state index in [0.717, 1.165) is 11.8 Å². The molecule has 0 unspecified atom stereocenters. The molecule has 0 aliphatic heterocycles. The van der Waals surface area contributed by atoms with Crippen LogP contribution in [0.1, 0.15) is 86.1 Å². The van der Waals surface area contributed by atoms with E-state index in [0.29, 0.717) is 19.4 Å². The summed E-state index contributed by atoms with van der Waals surface area (Å²) in [6.45, 7) is 13.0. The van der Waals surface area contributed by atoms with E-state index in [9.17, 15) is 42.6 Å². The van der Waals surface area contributed by atoms with Crippen molar-refractivity contribution in [1.29, 1.82) is 0 Å². The van der Waals surface area contributed by atoms with Gasteiger partial charge in [-0.05, 0) is 49.0 Å². The maximum absolute atomic E-state index is 13.6. The number of sulfone groups is 1. The highest BCUT2D eigenvalue weighted by atomic mass is 32.2. The number of amides is 5. The van der Waals surface area contributed by atoms with Gasteiger partial charge in [0.25, 0.3) is 0 Å². The second-order valence-corrected chi connectivity index (χ2v) is 16.4. The number of aliphatic hydroxyl groups excluding tert-OH is 1. The van der Waals surface area contributed by atoms with Crippen molar-refractivity contribution in [2.24, 2.45) is 23.7 Å². The van der Waals surface area contributed by atoms with E-state index in [4.69, 9.17) is 0 Å². The largest absolute Gasteiger partial charge is 0.465 e. The topological polar surface area (TPSA) is 220 Å². The Morgan fingerprint density at radius 1 is 0.740 bits per heavy atom. The molecule has 0 bridgehead atoms. The van der Waals surface area contributed by atoms with Crippen molar-refractivity contribution < 1.29 is 42.6 Å². The van der Waals surface area contributed by atoms with E-state index >= 15 is 0 Å². The summed E-state index contributed by atoms with van der Waals surface area (Å²) in [6, 6.07) is 5.16. The fraction of sp³-hybridized carbons (Fsp3) is 0.686. The minimum Gasteiger partial charge on any atom is -0.465 e. The Labute approximate surface area is 297 Å². The summed E-state index contributed by atoms with van der Waals surface area (Å²) in [6.07, 6.45) is -0.943. The first kappa shape index (κ1) is 44.3. The minimum absolute atomic E-state index is 0.0126. The van der Waals surface area contributed by atoms with Gasteiger partial charge in [-0.15, -0.1) is 0 Å². The van der Waals surface area contributed by atoms with Crippen LogP contribution in [0.25, 0.3) is 0 Å². The molecule has 0 saturated heterocycles. The highest BCUT2D eigenvalue weighted by Gasteiger charge is 2.33. The van der Waals surface area contributed by atoms with Crippen LogP contribution in [0, 0.1) is 23.7 Å². The second-order valence-electron chi connectivity index (χ2n) is 14.1. The number of benzene rings is 1. The molecular weight excluding hydrogens is 666 g/mol. The first-order chi connectivity index (χ1) is 23.2. The van der Waals surface area contributed by atoms with Crippen LogP contribution >= 0.6 is 0 Å². The first-order valence-electron chi connectivity index (χ1n) is 17.3. The summed E-state index contributed by atoms with van der Waals surface area (Å²) in [5, 5.41) is 33.6. The Kier molecular flexibility index (Phi) is 19.0. The van der Waals surface area contributed by atoms with E-state index in [1.807, 2.05) is 58.0 Å². The van der Waals surface area contributed by atoms with Crippen LogP contribution in [0.2, 0.25) is 0 Å². The lowest BCUT2D eigenvalue weighted by molar-refractivity contribution is -0.133.